The predicted octanol–water partition coefficient (Wildman–Crippen LogP) is 1.21. The molecule has 1 saturated carbocycles. The Morgan fingerprint density at radius 1 is 1.67 bits per heavy atom. The number of rotatable bonds is 3. The Kier molecular flexibility index (Phi) is 1.60. The highest BCUT2D eigenvalue weighted by molar-refractivity contribution is 4.93. The largest absolute Gasteiger partial charge is 0.390 e. The maximum absolute atomic E-state index is 9.17. The Hall–Kier alpha value is -0.730. The van der Waals surface area contributed by atoms with Gasteiger partial charge in [0.1, 0.15) is 0 Å². The zero-order valence-corrected chi connectivity index (χ0v) is 5.12. The van der Waals surface area contributed by atoms with Gasteiger partial charge in [0.05, 0.1) is 5.60 Å². The molecule has 1 aliphatic rings. The van der Waals surface area contributed by atoms with Crippen LogP contribution >= 0.6 is 0 Å². The smallest absolute Gasteiger partial charge is 0.0651 e. The Labute approximate surface area is 53.1 Å². The predicted molar refractivity (Wildman–Crippen MR) is 32.8 cm³/mol. The molecule has 0 spiro atoms. The van der Waals surface area contributed by atoms with Crippen LogP contribution in [0.15, 0.2) is 5.11 Å². The number of hydrogen-bond acceptors (Lipinski definition) is 2. The molecule has 0 bridgehead atoms. The second kappa shape index (κ2) is 2.25. The minimum absolute atomic E-state index is 0.424. The summed E-state index contributed by atoms with van der Waals surface area (Å²) in [5, 5.41) is 12.5. The van der Waals surface area contributed by atoms with Gasteiger partial charge in [-0.2, -0.15) is 0 Å². The van der Waals surface area contributed by atoms with E-state index in [0.29, 0.717) is 13.0 Å². The molecule has 1 aliphatic carbocycles. The number of aliphatic hydroxyl groups is 1. The molecule has 1 N–H and O–H groups in total. The summed E-state index contributed by atoms with van der Waals surface area (Å²) in [6, 6.07) is 0. The van der Waals surface area contributed by atoms with Crippen LogP contribution in [0, 0.1) is 0 Å². The summed E-state index contributed by atoms with van der Waals surface area (Å²) in [5.74, 6) is 0. The van der Waals surface area contributed by atoms with E-state index >= 15 is 0 Å². The van der Waals surface area contributed by atoms with Gasteiger partial charge in [-0.1, -0.05) is 5.11 Å². The normalized spacial score (nSPS) is 20.6. The molecular weight excluding hydrogens is 118 g/mol. The van der Waals surface area contributed by atoms with Gasteiger partial charge in [0.2, 0.25) is 0 Å². The molecule has 4 nitrogen and oxygen atoms in total. The van der Waals surface area contributed by atoms with Crippen molar-refractivity contribution >= 4 is 0 Å². The first-order chi connectivity index (χ1) is 4.27. The van der Waals surface area contributed by atoms with E-state index in [1.807, 2.05) is 0 Å². The summed E-state index contributed by atoms with van der Waals surface area (Å²) in [4.78, 5) is 2.58. The lowest BCUT2D eigenvalue weighted by Gasteiger charge is -2.00. The molecule has 0 heterocycles. The fraction of sp³-hybridized carbons (Fsp3) is 1.00. The molecule has 1 fully saturated rings. The molecule has 0 amide bonds. The van der Waals surface area contributed by atoms with Crippen LogP contribution in [-0.4, -0.2) is 17.3 Å². The lowest BCUT2D eigenvalue weighted by atomic mass is 10.2. The summed E-state index contributed by atoms with van der Waals surface area (Å²) in [6.07, 6.45) is 2.36. The molecule has 1 rings (SSSR count). The van der Waals surface area contributed by atoms with Crippen LogP contribution in [0.4, 0.5) is 0 Å². The zero-order valence-electron chi connectivity index (χ0n) is 5.12. The Morgan fingerprint density at radius 2 is 2.33 bits per heavy atom. The number of azide groups is 1. The first kappa shape index (κ1) is 6.39. The van der Waals surface area contributed by atoms with Gasteiger partial charge in [-0.15, -0.1) is 0 Å². The topological polar surface area (TPSA) is 69.0 Å². The second-order valence-corrected chi connectivity index (χ2v) is 2.43. The van der Waals surface area contributed by atoms with Gasteiger partial charge in [0, 0.05) is 11.5 Å². The van der Waals surface area contributed by atoms with Crippen LogP contribution < -0.4 is 0 Å². The van der Waals surface area contributed by atoms with Crippen molar-refractivity contribution in [3.8, 4) is 0 Å². The second-order valence-electron chi connectivity index (χ2n) is 2.43. The highest BCUT2D eigenvalue weighted by Gasteiger charge is 2.39. The van der Waals surface area contributed by atoms with Crippen molar-refractivity contribution in [2.75, 3.05) is 6.54 Å². The summed E-state index contributed by atoms with van der Waals surface area (Å²) in [7, 11) is 0. The van der Waals surface area contributed by atoms with Gasteiger partial charge >= 0.3 is 0 Å². The van der Waals surface area contributed by atoms with Gasteiger partial charge in [-0.05, 0) is 24.8 Å². The third kappa shape index (κ3) is 1.91. The standard InChI is InChI=1S/C5H9N3O/c6-8-7-4-3-5(9)1-2-5/h9H,1-4H2. The van der Waals surface area contributed by atoms with Gasteiger partial charge in [0.25, 0.3) is 0 Å². The van der Waals surface area contributed by atoms with Crippen LogP contribution in [0.1, 0.15) is 19.3 Å². The molecule has 0 saturated heterocycles. The van der Waals surface area contributed by atoms with Crippen molar-refractivity contribution in [1.29, 1.82) is 0 Å². The monoisotopic (exact) mass is 127 g/mol. The molecule has 50 valence electrons. The SMILES string of the molecule is [N-]=[N+]=NCCC1(O)CC1. The van der Waals surface area contributed by atoms with Crippen molar-refractivity contribution in [3.63, 3.8) is 0 Å². The van der Waals surface area contributed by atoms with E-state index in [2.05, 4.69) is 10.0 Å². The molecule has 0 aromatic carbocycles. The minimum Gasteiger partial charge on any atom is -0.390 e. The van der Waals surface area contributed by atoms with Crippen molar-refractivity contribution in [2.24, 2.45) is 5.11 Å². The third-order valence-electron chi connectivity index (χ3n) is 1.57. The van der Waals surface area contributed by atoms with Crippen LogP contribution in [0.2, 0.25) is 0 Å². The van der Waals surface area contributed by atoms with E-state index < -0.39 is 5.60 Å². The zero-order chi connectivity index (χ0) is 6.74. The Morgan fingerprint density at radius 3 is 2.78 bits per heavy atom. The van der Waals surface area contributed by atoms with Crippen LogP contribution in [0.3, 0.4) is 0 Å². The quantitative estimate of drug-likeness (QED) is 0.345. The van der Waals surface area contributed by atoms with Crippen molar-refractivity contribution in [2.45, 2.75) is 24.9 Å². The molecule has 0 unspecified atom stereocenters. The highest BCUT2D eigenvalue weighted by atomic mass is 16.3. The Balaban J connectivity index is 2.12. The third-order valence-corrected chi connectivity index (χ3v) is 1.57. The molecule has 0 aromatic rings. The fourth-order valence-corrected chi connectivity index (χ4v) is 0.697. The van der Waals surface area contributed by atoms with Gasteiger partial charge in [-0.3, -0.25) is 0 Å². The number of hydrogen-bond donors (Lipinski definition) is 1. The van der Waals surface area contributed by atoms with Crippen molar-refractivity contribution in [3.05, 3.63) is 10.4 Å². The molecule has 0 atom stereocenters. The summed E-state index contributed by atoms with van der Waals surface area (Å²) in [6.45, 7) is 0.424. The van der Waals surface area contributed by atoms with Crippen molar-refractivity contribution < 1.29 is 5.11 Å². The first-order valence-corrected chi connectivity index (χ1v) is 3.00. The molecule has 0 aliphatic heterocycles. The van der Waals surface area contributed by atoms with E-state index in [-0.39, 0.29) is 0 Å². The molecule has 9 heavy (non-hydrogen) atoms. The van der Waals surface area contributed by atoms with Crippen LogP contribution in [0.25, 0.3) is 10.4 Å². The highest BCUT2D eigenvalue weighted by Crippen LogP contribution is 2.38. The van der Waals surface area contributed by atoms with Crippen molar-refractivity contribution in [1.82, 2.24) is 0 Å². The van der Waals surface area contributed by atoms with Gasteiger partial charge < -0.3 is 5.11 Å². The Bertz CT molecular complexity index is 146. The number of nitrogens with zero attached hydrogens (tertiary/aromatic N) is 3. The molecule has 0 aromatic heterocycles. The molecular formula is C5H9N3O. The summed E-state index contributed by atoms with van der Waals surface area (Å²) in [5.41, 5.74) is 7.40. The van der Waals surface area contributed by atoms with Crippen LogP contribution in [0.5, 0.6) is 0 Å². The maximum Gasteiger partial charge on any atom is 0.0651 e. The lowest BCUT2D eigenvalue weighted by molar-refractivity contribution is 0.143. The fourth-order valence-electron chi connectivity index (χ4n) is 0.697. The van der Waals surface area contributed by atoms with E-state index in [4.69, 9.17) is 5.53 Å². The summed E-state index contributed by atoms with van der Waals surface area (Å²) >= 11 is 0. The van der Waals surface area contributed by atoms with E-state index in [1.54, 1.807) is 0 Å². The lowest BCUT2D eigenvalue weighted by Crippen LogP contribution is -2.07. The van der Waals surface area contributed by atoms with E-state index in [0.717, 1.165) is 12.8 Å². The first-order valence-electron chi connectivity index (χ1n) is 3.00. The molecule has 4 heteroatoms. The van der Waals surface area contributed by atoms with Gasteiger partial charge in [0.15, 0.2) is 0 Å². The molecule has 0 radical (unpaired) electrons. The van der Waals surface area contributed by atoms with Gasteiger partial charge in [-0.25, -0.2) is 0 Å². The maximum atomic E-state index is 9.17. The van der Waals surface area contributed by atoms with E-state index in [9.17, 15) is 5.11 Å². The summed E-state index contributed by atoms with van der Waals surface area (Å²) < 4.78 is 0. The minimum atomic E-state index is -0.464. The van der Waals surface area contributed by atoms with E-state index in [1.165, 1.54) is 0 Å². The average Bonchev–Trinajstić information content (AvgIpc) is 2.50. The van der Waals surface area contributed by atoms with Crippen LogP contribution in [-0.2, 0) is 0 Å². The average molecular weight is 127 g/mol.